The topological polar surface area (TPSA) is 108 Å². The van der Waals surface area contributed by atoms with Crippen LogP contribution in [-0.2, 0) is 33.3 Å². The number of esters is 2. The predicted molar refractivity (Wildman–Crippen MR) is 327 cm³/mol. The molecular formula is C68H116NO8+. The third-order valence-electron chi connectivity index (χ3n) is 13.0. The first-order chi connectivity index (χ1) is 37.6. The van der Waals surface area contributed by atoms with Crippen molar-refractivity contribution in [3.63, 3.8) is 0 Å². The summed E-state index contributed by atoms with van der Waals surface area (Å²) >= 11 is 0. The number of allylic oxidation sites excluding steroid dienone is 18. The summed E-state index contributed by atoms with van der Waals surface area (Å²) in [5.74, 6) is -2.03. The number of carbonyl (C=O) groups is 3. The van der Waals surface area contributed by atoms with Crippen LogP contribution in [-0.4, -0.2) is 87.4 Å². The maximum atomic E-state index is 12.9. The molecule has 9 nitrogen and oxygen atoms in total. The second-order valence-corrected chi connectivity index (χ2v) is 21.6. The molecular weight excluding hydrogens is 959 g/mol. The van der Waals surface area contributed by atoms with Gasteiger partial charge in [-0.25, -0.2) is 4.79 Å². The molecule has 0 aliphatic rings. The average molecular weight is 1080 g/mol. The summed E-state index contributed by atoms with van der Waals surface area (Å²) in [6, 6.07) is 0. The molecule has 9 heteroatoms. The molecule has 0 aromatic carbocycles. The minimum absolute atomic E-state index is 0.179. The molecule has 0 aromatic heterocycles. The highest BCUT2D eigenvalue weighted by Gasteiger charge is 2.25. The number of unbranched alkanes of at least 4 members (excludes halogenated alkanes) is 23. The van der Waals surface area contributed by atoms with Crippen LogP contribution in [0.3, 0.4) is 0 Å². The SMILES string of the molecule is CC/C=C\C/C=C\C/C=C\C/C=C\C/C=C\C/C=C\C/C=C\C/C=C\C/C=C\CCCCCCCC(=O)OC(COC(=O)CCCCCCCCCCCCCCCCCCCCC)COC(OCC[N+](C)(C)C)C(=O)O. The van der Waals surface area contributed by atoms with Crippen molar-refractivity contribution in [1.82, 2.24) is 0 Å². The summed E-state index contributed by atoms with van der Waals surface area (Å²) in [6.07, 6.45) is 77.4. The molecule has 0 aliphatic carbocycles. The Kier molecular flexibility index (Phi) is 55.1. The zero-order valence-electron chi connectivity index (χ0n) is 50.1. The predicted octanol–water partition coefficient (Wildman–Crippen LogP) is 18.7. The molecule has 2 atom stereocenters. The summed E-state index contributed by atoms with van der Waals surface area (Å²) in [4.78, 5) is 37.5. The zero-order chi connectivity index (χ0) is 56.2. The summed E-state index contributed by atoms with van der Waals surface area (Å²) in [5, 5.41) is 9.71. The lowest BCUT2D eigenvalue weighted by atomic mass is 10.0. The molecule has 0 rings (SSSR count). The second kappa shape index (κ2) is 58.1. The van der Waals surface area contributed by atoms with Crippen LogP contribution in [0.4, 0.5) is 0 Å². The molecule has 0 saturated carbocycles. The highest BCUT2D eigenvalue weighted by molar-refractivity contribution is 5.71. The maximum Gasteiger partial charge on any atom is 0.361 e. The molecule has 77 heavy (non-hydrogen) atoms. The molecule has 0 aromatic rings. The van der Waals surface area contributed by atoms with Gasteiger partial charge in [0.15, 0.2) is 6.10 Å². The van der Waals surface area contributed by atoms with Gasteiger partial charge in [0.1, 0.15) is 13.2 Å². The van der Waals surface area contributed by atoms with Gasteiger partial charge in [0, 0.05) is 12.8 Å². The number of aliphatic carboxylic acids is 1. The number of rotatable bonds is 56. The van der Waals surface area contributed by atoms with Gasteiger partial charge in [0.05, 0.1) is 34.4 Å². The zero-order valence-corrected chi connectivity index (χ0v) is 50.1. The molecule has 0 fully saturated rings. The van der Waals surface area contributed by atoms with Crippen LogP contribution in [0, 0.1) is 0 Å². The Morgan fingerprint density at radius 2 is 0.740 bits per heavy atom. The van der Waals surface area contributed by atoms with Gasteiger partial charge in [0.2, 0.25) is 0 Å². The average Bonchev–Trinajstić information content (AvgIpc) is 3.40. The molecule has 0 bridgehead atoms. The van der Waals surface area contributed by atoms with Gasteiger partial charge in [-0.1, -0.05) is 258 Å². The van der Waals surface area contributed by atoms with Gasteiger partial charge in [-0.3, -0.25) is 9.59 Å². The summed E-state index contributed by atoms with van der Waals surface area (Å²) in [7, 11) is 5.96. The molecule has 440 valence electrons. The number of likely N-dealkylation sites (N-methyl/N-ethyl adjacent to an activating group) is 1. The van der Waals surface area contributed by atoms with Gasteiger partial charge in [0.25, 0.3) is 6.29 Å². The van der Waals surface area contributed by atoms with Crippen molar-refractivity contribution in [3.8, 4) is 0 Å². The minimum Gasteiger partial charge on any atom is -0.477 e. The molecule has 0 radical (unpaired) electrons. The normalized spacial score (nSPS) is 13.5. The molecule has 1 N–H and O–H groups in total. The second-order valence-electron chi connectivity index (χ2n) is 21.6. The third-order valence-corrected chi connectivity index (χ3v) is 13.0. The number of ether oxygens (including phenoxy) is 4. The largest absolute Gasteiger partial charge is 0.477 e. The highest BCUT2D eigenvalue weighted by Crippen LogP contribution is 2.16. The van der Waals surface area contributed by atoms with Gasteiger partial charge in [-0.15, -0.1) is 0 Å². The van der Waals surface area contributed by atoms with E-state index in [4.69, 9.17) is 18.9 Å². The van der Waals surface area contributed by atoms with Gasteiger partial charge in [-0.2, -0.15) is 0 Å². The molecule has 2 unspecified atom stereocenters. The Morgan fingerprint density at radius 1 is 0.403 bits per heavy atom. The third kappa shape index (κ3) is 59.5. The first kappa shape index (κ1) is 73.0. The first-order valence-corrected chi connectivity index (χ1v) is 31.1. The van der Waals surface area contributed by atoms with E-state index in [9.17, 15) is 19.5 Å². The van der Waals surface area contributed by atoms with Gasteiger partial charge >= 0.3 is 17.9 Å². The number of carboxylic acid groups (broad SMARTS) is 1. The Hall–Kier alpha value is -4.05. The van der Waals surface area contributed by atoms with Crippen LogP contribution in [0.1, 0.15) is 245 Å². The summed E-state index contributed by atoms with van der Waals surface area (Å²) in [6.45, 7) is 4.75. The number of nitrogens with zero attached hydrogens (tertiary/aromatic N) is 1. The van der Waals surface area contributed by atoms with Crippen LogP contribution in [0.5, 0.6) is 0 Å². The maximum absolute atomic E-state index is 12.9. The van der Waals surface area contributed by atoms with Crippen LogP contribution in [0.2, 0.25) is 0 Å². The van der Waals surface area contributed by atoms with E-state index in [1.807, 2.05) is 21.1 Å². The smallest absolute Gasteiger partial charge is 0.361 e. The first-order valence-electron chi connectivity index (χ1n) is 31.1. The standard InChI is InChI=1S/C68H115NO8/c1-6-8-10-12-14-16-18-20-22-24-26-27-28-29-30-31-32-33-34-35-36-37-38-39-41-43-45-47-49-51-53-55-57-59-66(71)77-64(63-76-68(67(72)73)74-61-60-69(3,4)5)62-75-65(70)58-56-54-52-50-48-46-44-42-40-25-23-21-19-17-15-13-11-9-7-2/h8,10,14,16,20,22,26-27,29-30,32-33,35-36,38-39,43,45,64,68H,6-7,9,11-13,15,17-19,21,23-25,28,31,34,37,40-42,44,46-63H2,1-5H3/p+1/b10-8-,16-14-,22-20-,27-26-,30-29-,33-32-,36-35-,39-38-,45-43-. The molecule has 0 heterocycles. The Bertz CT molecular complexity index is 1630. The lowest BCUT2D eigenvalue weighted by Crippen LogP contribution is -2.40. The van der Waals surface area contributed by atoms with Crippen molar-refractivity contribution >= 4 is 17.9 Å². The van der Waals surface area contributed by atoms with Crippen LogP contribution < -0.4 is 0 Å². The number of hydrogen-bond acceptors (Lipinski definition) is 7. The van der Waals surface area contributed by atoms with E-state index >= 15 is 0 Å². The Balaban J connectivity index is 4.28. The summed E-state index contributed by atoms with van der Waals surface area (Å²) in [5.41, 5.74) is 0. The molecule has 0 saturated heterocycles. The van der Waals surface area contributed by atoms with E-state index in [0.717, 1.165) is 109 Å². The highest BCUT2D eigenvalue weighted by atomic mass is 16.7. The van der Waals surface area contributed by atoms with Crippen molar-refractivity contribution in [1.29, 1.82) is 0 Å². The van der Waals surface area contributed by atoms with Crippen LogP contribution in [0.15, 0.2) is 109 Å². The van der Waals surface area contributed by atoms with Crippen molar-refractivity contribution in [2.75, 3.05) is 47.5 Å². The number of hydrogen-bond donors (Lipinski definition) is 1. The quantitative estimate of drug-likeness (QED) is 0.0211. The summed E-state index contributed by atoms with van der Waals surface area (Å²) < 4.78 is 22.9. The van der Waals surface area contributed by atoms with Crippen LogP contribution in [0.25, 0.3) is 0 Å². The Morgan fingerprint density at radius 3 is 1.10 bits per heavy atom. The van der Waals surface area contributed by atoms with Crippen LogP contribution >= 0.6 is 0 Å². The van der Waals surface area contributed by atoms with Gasteiger partial charge < -0.3 is 28.5 Å². The van der Waals surface area contributed by atoms with Gasteiger partial charge in [-0.05, 0) is 83.5 Å². The van der Waals surface area contributed by atoms with E-state index in [0.29, 0.717) is 23.9 Å². The molecule has 0 spiro atoms. The van der Waals surface area contributed by atoms with Crippen molar-refractivity contribution in [3.05, 3.63) is 109 Å². The number of carbonyl (C=O) groups excluding carboxylic acids is 2. The van der Waals surface area contributed by atoms with E-state index in [2.05, 4.69) is 123 Å². The lowest BCUT2D eigenvalue weighted by Gasteiger charge is -2.25. The molecule has 0 aliphatic heterocycles. The Labute approximate surface area is 473 Å². The fourth-order valence-electron chi connectivity index (χ4n) is 8.30. The minimum atomic E-state index is -1.52. The number of carboxylic acids is 1. The molecule has 0 amide bonds. The lowest BCUT2D eigenvalue weighted by molar-refractivity contribution is -0.870. The van der Waals surface area contributed by atoms with E-state index in [-0.39, 0.29) is 32.2 Å². The monoisotopic (exact) mass is 1070 g/mol. The van der Waals surface area contributed by atoms with Crippen molar-refractivity contribution in [2.24, 2.45) is 0 Å². The fraction of sp³-hybridized carbons (Fsp3) is 0.691. The number of quaternary nitrogens is 1. The van der Waals surface area contributed by atoms with E-state index in [1.165, 1.54) is 103 Å². The van der Waals surface area contributed by atoms with E-state index in [1.54, 1.807) is 0 Å². The van der Waals surface area contributed by atoms with Crippen molar-refractivity contribution < 1.29 is 42.9 Å². The van der Waals surface area contributed by atoms with E-state index < -0.39 is 24.3 Å². The van der Waals surface area contributed by atoms with Crippen molar-refractivity contribution in [2.45, 2.75) is 257 Å². The fourth-order valence-corrected chi connectivity index (χ4v) is 8.30.